The van der Waals surface area contributed by atoms with Crippen molar-refractivity contribution in [3.05, 3.63) is 0 Å². The molecule has 0 aromatic rings. The van der Waals surface area contributed by atoms with Crippen LogP contribution in [0.15, 0.2) is 4.40 Å². The van der Waals surface area contributed by atoms with Crippen molar-refractivity contribution in [1.29, 1.82) is 0 Å². The molecule has 1 heterocycles. The molecule has 0 fully saturated rings. The Balaban J connectivity index is 3.18. The standard InChI is InChI=1S/C4H7N3O3S/c1-7-4(8)2-3(5)6-11(7,9)10/h2H2,1H3,(H2,5,6). The smallest absolute Gasteiger partial charge is 0.348 e. The van der Waals surface area contributed by atoms with Gasteiger partial charge in [-0.2, -0.15) is 8.42 Å². The summed E-state index contributed by atoms with van der Waals surface area (Å²) >= 11 is 0. The van der Waals surface area contributed by atoms with E-state index in [2.05, 4.69) is 4.40 Å². The maximum atomic E-state index is 10.8. The van der Waals surface area contributed by atoms with E-state index >= 15 is 0 Å². The van der Waals surface area contributed by atoms with E-state index in [4.69, 9.17) is 5.73 Å². The Hall–Kier alpha value is -1.11. The number of nitrogens with two attached hydrogens (primary N) is 1. The molecule has 11 heavy (non-hydrogen) atoms. The zero-order valence-electron chi connectivity index (χ0n) is 5.81. The van der Waals surface area contributed by atoms with Crippen LogP contribution in [0.3, 0.4) is 0 Å². The summed E-state index contributed by atoms with van der Waals surface area (Å²) in [7, 11) is -2.67. The summed E-state index contributed by atoms with van der Waals surface area (Å²) in [4.78, 5) is 10.8. The first kappa shape index (κ1) is 7.99. The van der Waals surface area contributed by atoms with Crippen LogP contribution in [0, 0.1) is 0 Å². The molecular formula is C4H7N3O3S. The van der Waals surface area contributed by atoms with Crippen molar-refractivity contribution in [3.8, 4) is 0 Å². The number of nitrogens with zero attached hydrogens (tertiary/aromatic N) is 2. The lowest BCUT2D eigenvalue weighted by atomic mass is 10.4. The monoisotopic (exact) mass is 177 g/mol. The van der Waals surface area contributed by atoms with E-state index in [1.165, 1.54) is 0 Å². The second kappa shape index (κ2) is 2.19. The molecule has 1 amide bonds. The quantitative estimate of drug-likeness (QED) is 0.484. The third-order valence-corrected chi connectivity index (χ3v) is 2.62. The summed E-state index contributed by atoms with van der Waals surface area (Å²) in [5, 5.41) is 0. The molecule has 0 saturated heterocycles. The summed E-state index contributed by atoms with van der Waals surface area (Å²) in [6.45, 7) is 0. The van der Waals surface area contributed by atoms with Gasteiger partial charge in [0.1, 0.15) is 5.84 Å². The van der Waals surface area contributed by atoms with Crippen LogP contribution in [0.25, 0.3) is 0 Å². The Morgan fingerprint density at radius 3 is 2.64 bits per heavy atom. The lowest BCUT2D eigenvalue weighted by Gasteiger charge is -2.18. The van der Waals surface area contributed by atoms with Gasteiger partial charge >= 0.3 is 10.2 Å². The van der Waals surface area contributed by atoms with Gasteiger partial charge in [0.2, 0.25) is 5.91 Å². The molecule has 2 N–H and O–H groups in total. The fourth-order valence-corrected chi connectivity index (χ4v) is 1.44. The second-order valence-electron chi connectivity index (χ2n) is 2.10. The molecule has 0 aliphatic carbocycles. The highest BCUT2D eigenvalue weighted by molar-refractivity contribution is 7.88. The van der Waals surface area contributed by atoms with Crippen LogP contribution in [-0.4, -0.2) is 31.5 Å². The lowest BCUT2D eigenvalue weighted by Crippen LogP contribution is -2.40. The van der Waals surface area contributed by atoms with Crippen molar-refractivity contribution in [2.24, 2.45) is 10.1 Å². The molecule has 0 spiro atoms. The molecular weight excluding hydrogens is 170 g/mol. The highest BCUT2D eigenvalue weighted by Crippen LogP contribution is 2.08. The van der Waals surface area contributed by atoms with Crippen LogP contribution < -0.4 is 5.73 Å². The van der Waals surface area contributed by atoms with E-state index < -0.39 is 16.1 Å². The van der Waals surface area contributed by atoms with Gasteiger partial charge in [0.25, 0.3) is 0 Å². The average Bonchev–Trinajstić information content (AvgIpc) is 1.81. The molecule has 0 saturated carbocycles. The van der Waals surface area contributed by atoms with Crippen LogP contribution in [0.5, 0.6) is 0 Å². The zero-order valence-corrected chi connectivity index (χ0v) is 6.63. The second-order valence-corrected chi connectivity index (χ2v) is 3.72. The van der Waals surface area contributed by atoms with Crippen molar-refractivity contribution in [1.82, 2.24) is 4.31 Å². The zero-order chi connectivity index (χ0) is 8.65. The van der Waals surface area contributed by atoms with E-state index in [-0.39, 0.29) is 12.3 Å². The number of hydrogen-bond donors (Lipinski definition) is 1. The predicted molar refractivity (Wildman–Crippen MR) is 37.9 cm³/mol. The van der Waals surface area contributed by atoms with E-state index in [1.807, 2.05) is 0 Å². The molecule has 0 radical (unpaired) electrons. The highest BCUT2D eigenvalue weighted by atomic mass is 32.2. The van der Waals surface area contributed by atoms with Crippen molar-refractivity contribution in [3.63, 3.8) is 0 Å². The van der Waals surface area contributed by atoms with Gasteiger partial charge in [0.05, 0.1) is 6.42 Å². The van der Waals surface area contributed by atoms with Crippen LogP contribution in [-0.2, 0) is 15.0 Å². The minimum Gasteiger partial charge on any atom is -0.386 e. The Labute approximate surface area is 63.9 Å². The summed E-state index contributed by atoms with van der Waals surface area (Å²) in [5.74, 6) is -0.717. The van der Waals surface area contributed by atoms with Crippen LogP contribution in [0.4, 0.5) is 0 Å². The molecule has 6 nitrogen and oxygen atoms in total. The summed E-state index contributed by atoms with van der Waals surface area (Å²) in [6, 6.07) is 0. The number of rotatable bonds is 0. The van der Waals surface area contributed by atoms with Gasteiger partial charge in [-0.1, -0.05) is 0 Å². The number of amides is 1. The van der Waals surface area contributed by atoms with Gasteiger partial charge < -0.3 is 5.73 Å². The van der Waals surface area contributed by atoms with Gasteiger partial charge in [-0.05, 0) is 0 Å². The Kier molecular flexibility index (Phi) is 1.59. The molecule has 0 atom stereocenters. The van der Waals surface area contributed by atoms with Gasteiger partial charge in [0, 0.05) is 7.05 Å². The fourth-order valence-electron chi connectivity index (χ4n) is 0.637. The molecule has 0 aromatic carbocycles. The first-order valence-electron chi connectivity index (χ1n) is 2.79. The summed E-state index contributed by atoms with van der Waals surface area (Å²) < 4.78 is 25.4. The maximum absolute atomic E-state index is 10.8. The molecule has 0 unspecified atom stereocenters. The highest BCUT2D eigenvalue weighted by Gasteiger charge is 2.28. The number of hydrogen-bond acceptors (Lipinski definition) is 4. The minimum absolute atomic E-state index is 0.129. The van der Waals surface area contributed by atoms with Crippen LogP contribution in [0.2, 0.25) is 0 Å². The third-order valence-electron chi connectivity index (χ3n) is 1.26. The van der Waals surface area contributed by atoms with E-state index in [9.17, 15) is 13.2 Å². The summed E-state index contributed by atoms with van der Waals surface area (Å²) in [5.41, 5.74) is 5.09. The number of carbonyl (C=O) groups excluding carboxylic acids is 1. The predicted octanol–water partition coefficient (Wildman–Crippen LogP) is -1.55. The van der Waals surface area contributed by atoms with Gasteiger partial charge in [-0.3, -0.25) is 4.79 Å². The molecule has 0 bridgehead atoms. The normalized spacial score (nSPS) is 23.2. The molecule has 1 rings (SSSR count). The Bertz CT molecular complexity index is 317. The maximum Gasteiger partial charge on any atom is 0.348 e. The van der Waals surface area contributed by atoms with Gasteiger partial charge in [-0.25, -0.2) is 4.31 Å². The molecule has 7 heteroatoms. The first-order chi connectivity index (χ1) is 4.93. The van der Waals surface area contributed by atoms with E-state index in [1.54, 1.807) is 0 Å². The first-order valence-corrected chi connectivity index (χ1v) is 4.19. The number of amidine groups is 1. The lowest BCUT2D eigenvalue weighted by molar-refractivity contribution is -0.124. The van der Waals surface area contributed by atoms with Gasteiger partial charge in [-0.15, -0.1) is 4.40 Å². The van der Waals surface area contributed by atoms with Gasteiger partial charge in [0.15, 0.2) is 0 Å². The van der Waals surface area contributed by atoms with Crippen LogP contribution >= 0.6 is 0 Å². The number of carbonyl (C=O) groups is 1. The minimum atomic E-state index is -3.81. The topological polar surface area (TPSA) is 92.8 Å². The largest absolute Gasteiger partial charge is 0.386 e. The molecule has 1 aliphatic rings. The SMILES string of the molecule is CN1C(=O)CC(N)=NS1(=O)=O. The molecule has 62 valence electrons. The summed E-state index contributed by atoms with van der Waals surface area (Å²) in [6.07, 6.45) is -0.129. The molecule has 0 aromatic heterocycles. The van der Waals surface area contributed by atoms with Crippen molar-refractivity contribution < 1.29 is 13.2 Å². The molecule has 1 aliphatic heterocycles. The van der Waals surface area contributed by atoms with Crippen molar-refractivity contribution in [2.45, 2.75) is 6.42 Å². The Morgan fingerprint density at radius 2 is 2.18 bits per heavy atom. The van der Waals surface area contributed by atoms with Crippen molar-refractivity contribution >= 4 is 22.0 Å². The van der Waals surface area contributed by atoms with Crippen molar-refractivity contribution in [2.75, 3.05) is 7.05 Å². The Morgan fingerprint density at radius 1 is 1.64 bits per heavy atom. The fraction of sp³-hybridized carbons (Fsp3) is 0.500. The third kappa shape index (κ3) is 1.32. The average molecular weight is 177 g/mol. The van der Waals surface area contributed by atoms with Crippen LogP contribution in [0.1, 0.15) is 6.42 Å². The van der Waals surface area contributed by atoms with E-state index in [0.29, 0.717) is 4.31 Å². The van der Waals surface area contributed by atoms with E-state index in [0.717, 1.165) is 7.05 Å².